The van der Waals surface area contributed by atoms with Crippen molar-refractivity contribution in [2.24, 2.45) is 0 Å². The number of carbonyl (C=O) groups is 4. The molecular formula is C19H15Cl2NO7S2. The van der Waals surface area contributed by atoms with Gasteiger partial charge in [0.25, 0.3) is 11.8 Å². The van der Waals surface area contributed by atoms with E-state index in [4.69, 9.17) is 27.9 Å². The molecule has 0 saturated carbocycles. The van der Waals surface area contributed by atoms with Gasteiger partial charge < -0.3 is 4.74 Å². The molecule has 1 aliphatic rings. The van der Waals surface area contributed by atoms with E-state index in [2.05, 4.69) is 0 Å². The van der Waals surface area contributed by atoms with Gasteiger partial charge >= 0.3 is 5.97 Å². The first-order chi connectivity index (χ1) is 14.5. The summed E-state index contributed by atoms with van der Waals surface area (Å²) in [6.45, 7) is -0.616. The zero-order valence-electron chi connectivity index (χ0n) is 16.0. The van der Waals surface area contributed by atoms with Gasteiger partial charge in [0.2, 0.25) is 5.78 Å². The number of Topliss-reactive ketones (excluding diaryl/α,β-unsaturated/α-hetero) is 1. The second kappa shape index (κ2) is 9.07. The van der Waals surface area contributed by atoms with Crippen LogP contribution in [0.2, 0.25) is 10.0 Å². The SMILES string of the molecule is CS(=O)(=O)CC[C@H](C(=O)OCC(=O)c1cccs1)N1C(=O)c2cc(Cl)c(Cl)cc2C1=O. The molecule has 0 N–H and O–H groups in total. The zero-order chi connectivity index (χ0) is 22.9. The lowest BCUT2D eigenvalue weighted by atomic mass is 10.1. The molecule has 1 atom stereocenters. The second-order valence-corrected chi connectivity index (χ2v) is 10.8. The number of ether oxygens (including phenoxy) is 1. The van der Waals surface area contributed by atoms with Crippen LogP contribution in [-0.4, -0.2) is 61.5 Å². The maximum atomic E-state index is 12.8. The van der Waals surface area contributed by atoms with Crippen LogP contribution in [0.15, 0.2) is 29.6 Å². The predicted molar refractivity (Wildman–Crippen MR) is 115 cm³/mol. The topological polar surface area (TPSA) is 115 Å². The summed E-state index contributed by atoms with van der Waals surface area (Å²) in [5, 5.41) is 1.76. The first-order valence-electron chi connectivity index (χ1n) is 8.77. The van der Waals surface area contributed by atoms with Crippen molar-refractivity contribution in [3.63, 3.8) is 0 Å². The van der Waals surface area contributed by atoms with Crippen LogP contribution >= 0.6 is 34.5 Å². The Morgan fingerprint density at radius 1 is 1.13 bits per heavy atom. The molecule has 0 fully saturated rings. The summed E-state index contributed by atoms with van der Waals surface area (Å²) in [6.07, 6.45) is 0.565. The van der Waals surface area contributed by atoms with Crippen LogP contribution in [0.3, 0.4) is 0 Å². The van der Waals surface area contributed by atoms with Gasteiger partial charge in [-0.15, -0.1) is 11.3 Å². The van der Waals surface area contributed by atoms with Crippen LogP contribution in [0.4, 0.5) is 0 Å². The van der Waals surface area contributed by atoms with E-state index in [1.165, 1.54) is 12.1 Å². The predicted octanol–water partition coefficient (Wildman–Crippen LogP) is 2.88. The van der Waals surface area contributed by atoms with Crippen LogP contribution in [0.25, 0.3) is 0 Å². The summed E-state index contributed by atoms with van der Waals surface area (Å²) in [5.74, 6) is -3.69. The molecule has 31 heavy (non-hydrogen) atoms. The number of sulfone groups is 1. The van der Waals surface area contributed by atoms with E-state index >= 15 is 0 Å². The summed E-state index contributed by atoms with van der Waals surface area (Å²) < 4.78 is 28.3. The van der Waals surface area contributed by atoms with Gasteiger partial charge in [-0.05, 0) is 30.0 Å². The molecule has 0 unspecified atom stereocenters. The number of ketones is 1. The van der Waals surface area contributed by atoms with Gasteiger partial charge in [-0.1, -0.05) is 29.3 Å². The van der Waals surface area contributed by atoms with Crippen LogP contribution in [0.1, 0.15) is 36.8 Å². The average molecular weight is 504 g/mol. The summed E-state index contributed by atoms with van der Waals surface area (Å²) in [7, 11) is -3.53. The Bertz CT molecular complexity index is 1140. The third-order valence-corrected chi connectivity index (χ3v) is 7.06. The summed E-state index contributed by atoms with van der Waals surface area (Å²) >= 11 is 13.0. The van der Waals surface area contributed by atoms with E-state index in [-0.39, 0.29) is 21.2 Å². The van der Waals surface area contributed by atoms with E-state index in [0.29, 0.717) is 9.78 Å². The number of imide groups is 1. The molecule has 0 bridgehead atoms. The molecule has 12 heteroatoms. The van der Waals surface area contributed by atoms with Gasteiger partial charge in [-0.25, -0.2) is 13.2 Å². The van der Waals surface area contributed by atoms with Gasteiger partial charge in [0.05, 0.1) is 31.8 Å². The minimum absolute atomic E-state index is 0.0419. The van der Waals surface area contributed by atoms with Crippen molar-refractivity contribution < 1.29 is 32.3 Å². The average Bonchev–Trinajstić information content (AvgIpc) is 3.30. The van der Waals surface area contributed by atoms with Gasteiger partial charge in [-0.3, -0.25) is 19.3 Å². The fourth-order valence-electron chi connectivity index (χ4n) is 2.95. The number of thiophene rings is 1. The minimum Gasteiger partial charge on any atom is -0.456 e. The lowest BCUT2D eigenvalue weighted by Crippen LogP contribution is -2.46. The van der Waals surface area contributed by atoms with Gasteiger partial charge in [0, 0.05) is 6.26 Å². The highest BCUT2D eigenvalue weighted by Crippen LogP contribution is 2.33. The molecule has 0 spiro atoms. The van der Waals surface area contributed by atoms with E-state index in [1.807, 2.05) is 0 Å². The monoisotopic (exact) mass is 503 g/mol. The fourth-order valence-corrected chi connectivity index (χ4v) is 4.58. The van der Waals surface area contributed by atoms with Crippen LogP contribution in [0.5, 0.6) is 0 Å². The first-order valence-corrected chi connectivity index (χ1v) is 12.5. The third-order valence-electron chi connectivity index (χ3n) is 4.45. The van der Waals surface area contributed by atoms with E-state index < -0.39 is 58.2 Å². The van der Waals surface area contributed by atoms with Gasteiger partial charge in [0.1, 0.15) is 15.9 Å². The highest BCUT2D eigenvalue weighted by atomic mass is 35.5. The molecule has 2 amide bonds. The number of carbonyl (C=O) groups excluding carboxylic acids is 4. The van der Waals surface area contributed by atoms with Crippen molar-refractivity contribution in [3.8, 4) is 0 Å². The Morgan fingerprint density at radius 3 is 2.19 bits per heavy atom. The number of hydrogen-bond acceptors (Lipinski definition) is 8. The molecule has 8 nitrogen and oxygen atoms in total. The molecule has 3 rings (SSSR count). The van der Waals surface area contributed by atoms with Crippen molar-refractivity contribution in [2.45, 2.75) is 12.5 Å². The second-order valence-electron chi connectivity index (χ2n) is 6.73. The summed E-state index contributed by atoms with van der Waals surface area (Å²) in [6, 6.07) is 4.08. The number of fused-ring (bicyclic) bond motifs is 1. The molecule has 0 saturated heterocycles. The number of esters is 1. The Labute approximate surface area is 191 Å². The normalized spacial score (nSPS) is 14.5. The van der Waals surface area contributed by atoms with Crippen LogP contribution < -0.4 is 0 Å². The molecule has 164 valence electrons. The molecule has 1 aromatic carbocycles. The van der Waals surface area contributed by atoms with Gasteiger partial charge in [0.15, 0.2) is 6.61 Å². The summed E-state index contributed by atoms with van der Waals surface area (Å²) in [5.41, 5.74) is -0.127. The molecule has 2 aromatic rings. The number of amides is 2. The lowest BCUT2D eigenvalue weighted by Gasteiger charge is -2.24. The molecule has 0 aliphatic carbocycles. The van der Waals surface area contributed by atoms with Crippen molar-refractivity contribution in [2.75, 3.05) is 18.6 Å². The Hall–Kier alpha value is -2.27. The van der Waals surface area contributed by atoms with E-state index in [0.717, 1.165) is 17.6 Å². The molecule has 1 aromatic heterocycles. The highest BCUT2D eigenvalue weighted by molar-refractivity contribution is 7.90. The maximum Gasteiger partial charge on any atom is 0.329 e. The fraction of sp³-hybridized carbons (Fsp3) is 0.263. The smallest absolute Gasteiger partial charge is 0.329 e. The largest absolute Gasteiger partial charge is 0.456 e. The van der Waals surface area contributed by atoms with Crippen LogP contribution in [-0.2, 0) is 19.4 Å². The number of benzene rings is 1. The van der Waals surface area contributed by atoms with Crippen molar-refractivity contribution in [3.05, 3.63) is 55.7 Å². The third kappa shape index (κ3) is 5.15. The van der Waals surface area contributed by atoms with E-state index in [1.54, 1.807) is 17.5 Å². The Morgan fingerprint density at radius 2 is 1.71 bits per heavy atom. The molecular weight excluding hydrogens is 489 g/mol. The standard InChI is InChI=1S/C19H15Cl2NO7S2/c1-31(27,28)6-4-14(19(26)29-9-15(23)16-3-2-5-30-16)22-17(24)10-7-12(20)13(21)8-11(10)18(22)25/h2-3,5,7-8,14H,4,6,9H2,1H3/t14-/m1/s1. The van der Waals surface area contributed by atoms with E-state index in [9.17, 15) is 27.6 Å². The Kier molecular flexibility index (Phi) is 6.85. The van der Waals surface area contributed by atoms with Crippen molar-refractivity contribution >= 4 is 67.9 Å². The maximum absolute atomic E-state index is 12.8. The van der Waals surface area contributed by atoms with Gasteiger partial charge in [-0.2, -0.15) is 0 Å². The number of hydrogen-bond donors (Lipinski definition) is 0. The number of rotatable bonds is 8. The first kappa shape index (κ1) is 23.4. The Balaban J connectivity index is 1.86. The van der Waals surface area contributed by atoms with Crippen LogP contribution in [0, 0.1) is 0 Å². The lowest BCUT2D eigenvalue weighted by molar-refractivity contribution is -0.147. The molecule has 0 radical (unpaired) electrons. The summed E-state index contributed by atoms with van der Waals surface area (Å²) in [4.78, 5) is 51.5. The highest BCUT2D eigenvalue weighted by Gasteiger charge is 2.44. The van der Waals surface area contributed by atoms with Crippen molar-refractivity contribution in [1.82, 2.24) is 4.90 Å². The number of halogens is 2. The zero-order valence-corrected chi connectivity index (χ0v) is 19.1. The van der Waals surface area contributed by atoms with Crippen molar-refractivity contribution in [1.29, 1.82) is 0 Å². The quantitative estimate of drug-likeness (QED) is 0.309. The molecule has 1 aliphatic heterocycles. The molecule has 2 heterocycles. The minimum atomic E-state index is -3.53. The number of nitrogens with zero attached hydrogens (tertiary/aromatic N) is 1.